The standard InChI is InChI=1S/C10H20O.C4H6O2/c1-7(2)9-5-4-8(3)6-10(9)11;1-2-3-4(5)6/h7-11H,4-6H2,1-3H3;2-3H,1H3,(H,5,6)/b;3-2+. The van der Waals surface area contributed by atoms with Crippen molar-refractivity contribution in [2.75, 3.05) is 0 Å². The molecule has 100 valence electrons. The van der Waals surface area contributed by atoms with E-state index < -0.39 is 5.97 Å². The Morgan fingerprint density at radius 1 is 1.35 bits per heavy atom. The summed E-state index contributed by atoms with van der Waals surface area (Å²) in [5.74, 6) is 1.06. The number of aliphatic hydroxyl groups excluding tert-OH is 1. The molecule has 0 amide bonds. The number of carboxylic acid groups (broad SMARTS) is 1. The van der Waals surface area contributed by atoms with Gasteiger partial charge >= 0.3 is 5.97 Å². The summed E-state index contributed by atoms with van der Waals surface area (Å²) in [5.41, 5.74) is 0. The van der Waals surface area contributed by atoms with Crippen LogP contribution in [0.4, 0.5) is 0 Å². The molecule has 1 saturated carbocycles. The molecule has 0 aromatic heterocycles. The first-order chi connectivity index (χ1) is 7.88. The molecule has 0 heterocycles. The Morgan fingerprint density at radius 3 is 2.24 bits per heavy atom. The molecule has 0 aromatic carbocycles. The largest absolute Gasteiger partial charge is 0.478 e. The van der Waals surface area contributed by atoms with Crippen molar-refractivity contribution in [3.63, 3.8) is 0 Å². The highest BCUT2D eigenvalue weighted by Crippen LogP contribution is 2.33. The maximum absolute atomic E-state index is 9.71. The molecule has 1 aliphatic carbocycles. The van der Waals surface area contributed by atoms with Crippen LogP contribution in [0.1, 0.15) is 47.0 Å². The van der Waals surface area contributed by atoms with Gasteiger partial charge < -0.3 is 10.2 Å². The average molecular weight is 242 g/mol. The molecule has 2 N–H and O–H groups in total. The Labute approximate surface area is 105 Å². The third kappa shape index (κ3) is 7.16. The molecule has 3 nitrogen and oxygen atoms in total. The molecule has 1 aliphatic rings. The van der Waals surface area contributed by atoms with E-state index in [0.29, 0.717) is 11.8 Å². The highest BCUT2D eigenvalue weighted by atomic mass is 16.4. The Bertz CT molecular complexity index is 246. The van der Waals surface area contributed by atoms with Gasteiger partial charge in [-0.25, -0.2) is 4.79 Å². The minimum atomic E-state index is -0.891. The van der Waals surface area contributed by atoms with Crippen LogP contribution in [0.3, 0.4) is 0 Å². The van der Waals surface area contributed by atoms with E-state index in [-0.39, 0.29) is 6.10 Å². The highest BCUT2D eigenvalue weighted by Gasteiger charge is 2.28. The van der Waals surface area contributed by atoms with Gasteiger partial charge in [-0.3, -0.25) is 0 Å². The summed E-state index contributed by atoms with van der Waals surface area (Å²) in [5, 5.41) is 17.5. The lowest BCUT2D eigenvalue weighted by Gasteiger charge is -2.33. The molecule has 0 bridgehead atoms. The second-order valence-corrected chi connectivity index (χ2v) is 5.23. The van der Waals surface area contributed by atoms with E-state index in [1.165, 1.54) is 18.9 Å². The number of aliphatic carboxylic acids is 1. The van der Waals surface area contributed by atoms with Crippen molar-refractivity contribution >= 4 is 5.97 Å². The van der Waals surface area contributed by atoms with Crippen molar-refractivity contribution in [2.45, 2.75) is 53.1 Å². The van der Waals surface area contributed by atoms with Gasteiger partial charge in [0.05, 0.1) is 6.10 Å². The van der Waals surface area contributed by atoms with Crippen molar-refractivity contribution in [2.24, 2.45) is 17.8 Å². The van der Waals surface area contributed by atoms with E-state index in [9.17, 15) is 9.90 Å². The third-order valence-corrected chi connectivity index (χ3v) is 3.30. The molecule has 0 radical (unpaired) electrons. The number of carboxylic acids is 1. The zero-order valence-electron chi connectivity index (χ0n) is 11.4. The number of hydrogen-bond acceptors (Lipinski definition) is 2. The fourth-order valence-corrected chi connectivity index (χ4v) is 2.29. The van der Waals surface area contributed by atoms with Gasteiger partial charge in [0, 0.05) is 6.08 Å². The fourth-order valence-electron chi connectivity index (χ4n) is 2.29. The summed E-state index contributed by atoms with van der Waals surface area (Å²) in [6.07, 6.45) is 6.07. The van der Waals surface area contributed by atoms with Crippen molar-refractivity contribution in [3.05, 3.63) is 12.2 Å². The second kappa shape index (κ2) is 8.29. The van der Waals surface area contributed by atoms with Gasteiger partial charge in [-0.15, -0.1) is 0 Å². The molecule has 0 aromatic rings. The lowest BCUT2D eigenvalue weighted by molar-refractivity contribution is -0.131. The fraction of sp³-hybridized carbons (Fsp3) is 0.786. The second-order valence-electron chi connectivity index (χ2n) is 5.23. The zero-order chi connectivity index (χ0) is 13.4. The van der Waals surface area contributed by atoms with E-state index in [0.717, 1.165) is 18.4 Å². The van der Waals surface area contributed by atoms with Crippen LogP contribution in [0, 0.1) is 17.8 Å². The molecule has 0 aliphatic heterocycles. The molecule has 3 heteroatoms. The monoisotopic (exact) mass is 242 g/mol. The quantitative estimate of drug-likeness (QED) is 0.732. The maximum atomic E-state index is 9.71. The van der Waals surface area contributed by atoms with Gasteiger partial charge in [-0.05, 0) is 37.5 Å². The first-order valence-corrected chi connectivity index (χ1v) is 6.42. The Morgan fingerprint density at radius 2 is 1.94 bits per heavy atom. The van der Waals surface area contributed by atoms with Crippen molar-refractivity contribution in [3.8, 4) is 0 Å². The summed E-state index contributed by atoms with van der Waals surface area (Å²) in [7, 11) is 0. The van der Waals surface area contributed by atoms with Crippen molar-refractivity contribution in [1.29, 1.82) is 0 Å². The lowest BCUT2D eigenvalue weighted by Crippen LogP contribution is -2.31. The number of carbonyl (C=O) groups is 1. The van der Waals surface area contributed by atoms with Gasteiger partial charge in [0.15, 0.2) is 0 Å². The first-order valence-electron chi connectivity index (χ1n) is 6.42. The SMILES string of the molecule is C/C=C/C(=O)O.CC1CCC(C(C)C)C(O)C1. The number of aliphatic hydroxyl groups is 1. The van der Waals surface area contributed by atoms with Crippen LogP contribution in [0.15, 0.2) is 12.2 Å². The Balaban J connectivity index is 0.000000366. The maximum Gasteiger partial charge on any atom is 0.327 e. The predicted octanol–water partition coefficient (Wildman–Crippen LogP) is 3.09. The van der Waals surface area contributed by atoms with Crippen LogP contribution in [0.2, 0.25) is 0 Å². The predicted molar refractivity (Wildman–Crippen MR) is 69.8 cm³/mol. The van der Waals surface area contributed by atoms with E-state index >= 15 is 0 Å². The molecular weight excluding hydrogens is 216 g/mol. The molecule has 3 atom stereocenters. The van der Waals surface area contributed by atoms with Crippen LogP contribution < -0.4 is 0 Å². The summed E-state index contributed by atoms with van der Waals surface area (Å²) in [6, 6.07) is 0. The Kier molecular flexibility index (Phi) is 7.88. The highest BCUT2D eigenvalue weighted by molar-refractivity contribution is 5.79. The van der Waals surface area contributed by atoms with E-state index in [1.807, 2.05) is 0 Å². The van der Waals surface area contributed by atoms with Crippen molar-refractivity contribution < 1.29 is 15.0 Å². The lowest BCUT2D eigenvalue weighted by atomic mass is 9.75. The Hall–Kier alpha value is -0.830. The minimum absolute atomic E-state index is 0.0289. The minimum Gasteiger partial charge on any atom is -0.478 e. The third-order valence-electron chi connectivity index (χ3n) is 3.30. The van der Waals surface area contributed by atoms with Crippen molar-refractivity contribution in [1.82, 2.24) is 0 Å². The normalized spacial score (nSPS) is 28.9. The summed E-state index contributed by atoms with van der Waals surface area (Å²) in [4.78, 5) is 9.51. The van der Waals surface area contributed by atoms with E-state index in [4.69, 9.17) is 5.11 Å². The molecule has 1 rings (SSSR count). The van der Waals surface area contributed by atoms with Crippen LogP contribution in [-0.2, 0) is 4.79 Å². The van der Waals surface area contributed by atoms with Crippen LogP contribution >= 0.6 is 0 Å². The van der Waals surface area contributed by atoms with Gasteiger partial charge in [0.25, 0.3) is 0 Å². The molecule has 3 unspecified atom stereocenters. The first kappa shape index (κ1) is 16.2. The van der Waals surface area contributed by atoms with E-state index in [1.54, 1.807) is 6.92 Å². The van der Waals surface area contributed by atoms with Gasteiger partial charge in [-0.1, -0.05) is 33.3 Å². The van der Waals surface area contributed by atoms with Gasteiger partial charge in [-0.2, -0.15) is 0 Å². The average Bonchev–Trinajstić information content (AvgIpc) is 2.17. The van der Waals surface area contributed by atoms with Crippen LogP contribution in [0.5, 0.6) is 0 Å². The molecule has 1 fully saturated rings. The molecular formula is C14H26O3. The van der Waals surface area contributed by atoms with E-state index in [2.05, 4.69) is 20.8 Å². The smallest absolute Gasteiger partial charge is 0.327 e. The van der Waals surface area contributed by atoms with Crippen LogP contribution in [-0.4, -0.2) is 22.3 Å². The number of hydrogen-bond donors (Lipinski definition) is 2. The number of allylic oxidation sites excluding steroid dienone is 1. The summed E-state index contributed by atoms with van der Waals surface area (Å²) in [6.45, 7) is 8.32. The zero-order valence-corrected chi connectivity index (χ0v) is 11.4. The molecule has 17 heavy (non-hydrogen) atoms. The van der Waals surface area contributed by atoms with Gasteiger partial charge in [0.2, 0.25) is 0 Å². The number of rotatable bonds is 2. The van der Waals surface area contributed by atoms with Crippen LogP contribution in [0.25, 0.3) is 0 Å². The summed E-state index contributed by atoms with van der Waals surface area (Å²) >= 11 is 0. The summed E-state index contributed by atoms with van der Waals surface area (Å²) < 4.78 is 0. The molecule has 0 saturated heterocycles. The molecule has 0 spiro atoms. The topological polar surface area (TPSA) is 57.5 Å². The van der Waals surface area contributed by atoms with Gasteiger partial charge in [0.1, 0.15) is 0 Å².